The van der Waals surface area contributed by atoms with Gasteiger partial charge in [-0.2, -0.15) is 0 Å². The van der Waals surface area contributed by atoms with Crippen LogP contribution in [0.5, 0.6) is 0 Å². The average Bonchev–Trinajstić information content (AvgIpc) is 3.45. The SMILES string of the molecule is O=C(Nc1ncc2c(n1)CCN(C(=O)CC1CC1)C2)c1ccccc1F. The second kappa shape index (κ2) is 6.82. The molecular weight excluding hydrogens is 335 g/mol. The van der Waals surface area contributed by atoms with Crippen molar-refractivity contribution in [1.82, 2.24) is 14.9 Å². The van der Waals surface area contributed by atoms with Crippen molar-refractivity contribution in [2.45, 2.75) is 32.2 Å². The molecule has 1 N–H and O–H groups in total. The van der Waals surface area contributed by atoms with Gasteiger partial charge in [-0.05, 0) is 30.9 Å². The van der Waals surface area contributed by atoms with E-state index >= 15 is 0 Å². The van der Waals surface area contributed by atoms with Crippen LogP contribution in [0.25, 0.3) is 0 Å². The van der Waals surface area contributed by atoms with E-state index in [1.165, 1.54) is 18.2 Å². The second-order valence-electron chi connectivity index (χ2n) is 6.81. The van der Waals surface area contributed by atoms with Crippen molar-refractivity contribution in [3.63, 3.8) is 0 Å². The van der Waals surface area contributed by atoms with Crippen molar-refractivity contribution < 1.29 is 14.0 Å². The summed E-state index contributed by atoms with van der Waals surface area (Å²) in [6, 6.07) is 5.76. The molecule has 4 rings (SSSR count). The first-order valence-electron chi connectivity index (χ1n) is 8.78. The number of hydrogen-bond donors (Lipinski definition) is 1. The molecule has 2 amide bonds. The molecule has 1 aliphatic carbocycles. The maximum Gasteiger partial charge on any atom is 0.260 e. The third kappa shape index (κ3) is 3.56. The molecule has 1 saturated carbocycles. The molecule has 1 aromatic heterocycles. The number of anilines is 1. The molecule has 6 nitrogen and oxygen atoms in total. The van der Waals surface area contributed by atoms with Crippen LogP contribution in [0, 0.1) is 11.7 Å². The topological polar surface area (TPSA) is 75.2 Å². The van der Waals surface area contributed by atoms with Crippen molar-refractivity contribution in [3.8, 4) is 0 Å². The van der Waals surface area contributed by atoms with Gasteiger partial charge in [0.1, 0.15) is 5.82 Å². The van der Waals surface area contributed by atoms with Gasteiger partial charge in [-0.1, -0.05) is 12.1 Å². The number of hydrogen-bond acceptors (Lipinski definition) is 4. The van der Waals surface area contributed by atoms with Crippen LogP contribution in [0.2, 0.25) is 0 Å². The molecule has 2 heterocycles. The van der Waals surface area contributed by atoms with Crippen molar-refractivity contribution in [2.75, 3.05) is 11.9 Å². The Bertz CT molecular complexity index is 866. The van der Waals surface area contributed by atoms with E-state index < -0.39 is 11.7 Å². The summed E-state index contributed by atoms with van der Waals surface area (Å²) in [5, 5.41) is 2.54. The summed E-state index contributed by atoms with van der Waals surface area (Å²) >= 11 is 0. The molecule has 0 bridgehead atoms. The van der Waals surface area contributed by atoms with Gasteiger partial charge >= 0.3 is 0 Å². The Kier molecular flexibility index (Phi) is 4.36. The van der Waals surface area contributed by atoms with Crippen LogP contribution in [-0.4, -0.2) is 33.2 Å². The maximum absolute atomic E-state index is 13.7. The Morgan fingerprint density at radius 2 is 2.08 bits per heavy atom. The summed E-state index contributed by atoms with van der Waals surface area (Å²) in [6.07, 6.45) is 5.20. The predicted molar refractivity (Wildman–Crippen MR) is 92.8 cm³/mol. The van der Waals surface area contributed by atoms with Gasteiger partial charge in [0.25, 0.3) is 5.91 Å². The number of carbonyl (C=O) groups excluding carboxylic acids is 2. The van der Waals surface area contributed by atoms with E-state index in [1.807, 2.05) is 4.90 Å². The summed E-state index contributed by atoms with van der Waals surface area (Å²) in [5.41, 5.74) is 1.66. The highest BCUT2D eigenvalue weighted by Crippen LogP contribution is 2.33. The molecule has 0 spiro atoms. The van der Waals surface area contributed by atoms with Gasteiger partial charge in [-0.3, -0.25) is 14.9 Å². The van der Waals surface area contributed by atoms with Crippen LogP contribution >= 0.6 is 0 Å². The highest BCUT2D eigenvalue weighted by molar-refractivity contribution is 6.03. The number of halogens is 1. The van der Waals surface area contributed by atoms with E-state index in [0.717, 1.165) is 24.1 Å². The molecule has 0 radical (unpaired) electrons. The van der Waals surface area contributed by atoms with Crippen LogP contribution in [0.1, 0.15) is 40.9 Å². The van der Waals surface area contributed by atoms with Crippen molar-refractivity contribution in [2.24, 2.45) is 5.92 Å². The number of aromatic nitrogens is 2. The van der Waals surface area contributed by atoms with Crippen LogP contribution in [0.4, 0.5) is 10.3 Å². The molecule has 2 aliphatic rings. The van der Waals surface area contributed by atoms with Gasteiger partial charge in [0.15, 0.2) is 0 Å². The second-order valence-corrected chi connectivity index (χ2v) is 6.81. The van der Waals surface area contributed by atoms with Crippen molar-refractivity contribution in [3.05, 3.63) is 53.1 Å². The molecule has 1 fully saturated rings. The minimum absolute atomic E-state index is 0.0503. The average molecular weight is 354 g/mol. The lowest BCUT2D eigenvalue weighted by atomic mass is 10.1. The van der Waals surface area contributed by atoms with E-state index in [0.29, 0.717) is 31.8 Å². The van der Waals surface area contributed by atoms with Crippen LogP contribution < -0.4 is 5.32 Å². The molecule has 1 aromatic carbocycles. The number of fused-ring (bicyclic) bond motifs is 1. The Hall–Kier alpha value is -2.83. The molecule has 2 aromatic rings. The van der Waals surface area contributed by atoms with Gasteiger partial charge in [-0.15, -0.1) is 0 Å². The number of amides is 2. The zero-order valence-electron chi connectivity index (χ0n) is 14.2. The normalized spacial score (nSPS) is 16.1. The Labute approximate surface area is 150 Å². The maximum atomic E-state index is 13.7. The number of nitrogens with zero attached hydrogens (tertiary/aromatic N) is 3. The Balaban J connectivity index is 1.44. The Morgan fingerprint density at radius 3 is 2.85 bits per heavy atom. The third-order valence-corrected chi connectivity index (χ3v) is 4.79. The van der Waals surface area contributed by atoms with Gasteiger partial charge in [0, 0.05) is 37.7 Å². The fraction of sp³-hybridized carbons (Fsp3) is 0.368. The summed E-state index contributed by atoms with van der Waals surface area (Å²) in [5.74, 6) is -0.270. The Morgan fingerprint density at radius 1 is 1.27 bits per heavy atom. The van der Waals surface area contributed by atoms with Crippen molar-refractivity contribution >= 4 is 17.8 Å². The molecule has 0 saturated heterocycles. The summed E-state index contributed by atoms with van der Waals surface area (Å²) in [7, 11) is 0. The van der Waals surface area contributed by atoms with E-state index in [1.54, 1.807) is 12.3 Å². The standard InChI is InChI=1S/C19H19FN4O2/c20-15-4-2-1-3-14(15)18(26)23-19-21-10-13-11-24(8-7-16(13)22-19)17(25)9-12-5-6-12/h1-4,10,12H,5-9,11H2,(H,21,22,23,26). The van der Waals surface area contributed by atoms with Crippen LogP contribution in [0.3, 0.4) is 0 Å². The third-order valence-electron chi connectivity index (χ3n) is 4.79. The lowest BCUT2D eigenvalue weighted by Crippen LogP contribution is -2.36. The quantitative estimate of drug-likeness (QED) is 0.916. The predicted octanol–water partition coefficient (Wildman–Crippen LogP) is 2.55. The summed E-state index contributed by atoms with van der Waals surface area (Å²) in [4.78, 5) is 34.8. The smallest absolute Gasteiger partial charge is 0.260 e. The zero-order valence-corrected chi connectivity index (χ0v) is 14.2. The van der Waals surface area contributed by atoms with E-state index in [-0.39, 0.29) is 17.4 Å². The van der Waals surface area contributed by atoms with E-state index in [9.17, 15) is 14.0 Å². The molecule has 7 heteroatoms. The molecular formula is C19H19FN4O2. The largest absolute Gasteiger partial charge is 0.338 e. The van der Waals surface area contributed by atoms with E-state index in [2.05, 4.69) is 15.3 Å². The minimum Gasteiger partial charge on any atom is -0.338 e. The van der Waals surface area contributed by atoms with Crippen LogP contribution in [-0.2, 0) is 17.8 Å². The van der Waals surface area contributed by atoms with Gasteiger partial charge in [0.2, 0.25) is 11.9 Å². The molecule has 134 valence electrons. The lowest BCUT2D eigenvalue weighted by Gasteiger charge is -2.28. The highest BCUT2D eigenvalue weighted by atomic mass is 19.1. The zero-order chi connectivity index (χ0) is 18.1. The molecule has 1 aliphatic heterocycles. The van der Waals surface area contributed by atoms with Gasteiger partial charge < -0.3 is 4.90 Å². The minimum atomic E-state index is -0.590. The fourth-order valence-corrected chi connectivity index (χ4v) is 3.10. The van der Waals surface area contributed by atoms with Gasteiger partial charge in [-0.25, -0.2) is 14.4 Å². The number of rotatable bonds is 4. The van der Waals surface area contributed by atoms with E-state index in [4.69, 9.17) is 0 Å². The highest BCUT2D eigenvalue weighted by Gasteiger charge is 2.29. The first kappa shape index (κ1) is 16.6. The number of carbonyl (C=O) groups is 2. The number of benzene rings is 1. The first-order chi connectivity index (χ1) is 12.6. The monoisotopic (exact) mass is 354 g/mol. The fourth-order valence-electron chi connectivity index (χ4n) is 3.10. The number of nitrogens with one attached hydrogen (secondary N) is 1. The van der Waals surface area contributed by atoms with Gasteiger partial charge in [0.05, 0.1) is 11.3 Å². The first-order valence-corrected chi connectivity index (χ1v) is 8.78. The molecule has 0 atom stereocenters. The summed E-state index contributed by atoms with van der Waals surface area (Å²) < 4.78 is 13.7. The van der Waals surface area contributed by atoms with Crippen LogP contribution in [0.15, 0.2) is 30.5 Å². The molecule has 0 unspecified atom stereocenters. The summed E-state index contributed by atoms with van der Waals surface area (Å²) in [6.45, 7) is 1.12. The van der Waals surface area contributed by atoms with Crippen molar-refractivity contribution in [1.29, 1.82) is 0 Å². The lowest BCUT2D eigenvalue weighted by molar-refractivity contribution is -0.132. The molecule has 26 heavy (non-hydrogen) atoms.